The van der Waals surface area contributed by atoms with Gasteiger partial charge in [-0.15, -0.1) is 10.2 Å². The molecular formula is C24H20N6O3S. The summed E-state index contributed by atoms with van der Waals surface area (Å²) >= 11 is 1.25. The Bertz CT molecular complexity index is 1320. The van der Waals surface area contributed by atoms with E-state index in [4.69, 9.17) is 0 Å². The minimum Gasteiger partial charge on any atom is -0.272 e. The lowest BCUT2D eigenvalue weighted by molar-refractivity contribution is -0.384. The van der Waals surface area contributed by atoms with Crippen LogP contribution in [0.4, 0.5) is 5.69 Å². The van der Waals surface area contributed by atoms with Crippen LogP contribution in [0.1, 0.15) is 11.1 Å². The van der Waals surface area contributed by atoms with E-state index in [9.17, 15) is 14.9 Å². The van der Waals surface area contributed by atoms with Gasteiger partial charge in [-0.2, -0.15) is 5.10 Å². The first kappa shape index (κ1) is 22.9. The molecule has 0 atom stereocenters. The Morgan fingerprint density at radius 3 is 2.44 bits per heavy atom. The molecule has 0 fully saturated rings. The molecule has 4 aromatic rings. The standard InChI is InChI=1S/C24H20N6O3S/c1-17-7-11-20(12-8-17)29-23(19-5-3-2-4-6-19)27-28-24(29)34-16-22(31)26-25-15-18-9-13-21(14-10-18)30(32)33/h2-15H,16H2,1H3,(H,26,31)/b25-15+. The van der Waals surface area contributed by atoms with Crippen molar-refractivity contribution < 1.29 is 9.72 Å². The van der Waals surface area contributed by atoms with Crippen LogP contribution in [0.3, 0.4) is 0 Å². The zero-order chi connectivity index (χ0) is 23.9. The van der Waals surface area contributed by atoms with Crippen LogP contribution < -0.4 is 5.43 Å². The highest BCUT2D eigenvalue weighted by Gasteiger charge is 2.17. The number of hydrogen-bond donors (Lipinski definition) is 1. The number of rotatable bonds is 8. The smallest absolute Gasteiger partial charge is 0.269 e. The summed E-state index contributed by atoms with van der Waals surface area (Å²) in [5.41, 5.74) is 6.03. The second-order valence-electron chi connectivity index (χ2n) is 7.27. The number of nitro groups is 1. The van der Waals surface area contributed by atoms with Crippen LogP contribution >= 0.6 is 11.8 Å². The number of aryl methyl sites for hydroxylation is 1. The summed E-state index contributed by atoms with van der Waals surface area (Å²) < 4.78 is 1.92. The van der Waals surface area contributed by atoms with Crippen LogP contribution in [0.15, 0.2) is 89.1 Å². The van der Waals surface area contributed by atoms with E-state index in [1.165, 1.54) is 30.1 Å². The molecule has 0 aliphatic carbocycles. The van der Waals surface area contributed by atoms with Crippen LogP contribution in [-0.2, 0) is 4.79 Å². The molecule has 170 valence electrons. The third kappa shape index (κ3) is 5.54. The largest absolute Gasteiger partial charge is 0.272 e. The first-order chi connectivity index (χ1) is 16.5. The van der Waals surface area contributed by atoms with Crippen molar-refractivity contribution in [1.29, 1.82) is 0 Å². The molecule has 0 radical (unpaired) electrons. The molecule has 0 saturated heterocycles. The highest BCUT2D eigenvalue weighted by molar-refractivity contribution is 7.99. The first-order valence-corrected chi connectivity index (χ1v) is 11.3. The fourth-order valence-electron chi connectivity index (χ4n) is 3.09. The van der Waals surface area contributed by atoms with E-state index >= 15 is 0 Å². The molecule has 3 aromatic carbocycles. The fraction of sp³-hybridized carbons (Fsp3) is 0.0833. The number of thioether (sulfide) groups is 1. The number of carbonyl (C=O) groups is 1. The summed E-state index contributed by atoms with van der Waals surface area (Å²) in [7, 11) is 0. The van der Waals surface area contributed by atoms with Crippen molar-refractivity contribution in [3.63, 3.8) is 0 Å². The molecule has 0 unspecified atom stereocenters. The van der Waals surface area contributed by atoms with Crippen molar-refractivity contribution in [2.75, 3.05) is 5.75 Å². The van der Waals surface area contributed by atoms with E-state index in [0.29, 0.717) is 16.5 Å². The maximum absolute atomic E-state index is 12.3. The van der Waals surface area contributed by atoms with Gasteiger partial charge in [-0.1, -0.05) is 59.8 Å². The number of benzene rings is 3. The van der Waals surface area contributed by atoms with Crippen molar-refractivity contribution in [3.05, 3.63) is 100 Å². The molecule has 0 spiro atoms. The summed E-state index contributed by atoms with van der Waals surface area (Å²) in [5.74, 6) is 0.447. The molecule has 10 heteroatoms. The highest BCUT2D eigenvalue weighted by atomic mass is 32.2. The Morgan fingerprint density at radius 1 is 1.06 bits per heavy atom. The summed E-state index contributed by atoms with van der Waals surface area (Å²) in [4.78, 5) is 22.6. The van der Waals surface area contributed by atoms with Crippen molar-refractivity contribution in [3.8, 4) is 17.1 Å². The van der Waals surface area contributed by atoms with E-state index < -0.39 is 4.92 Å². The second-order valence-corrected chi connectivity index (χ2v) is 8.22. The number of amides is 1. The normalized spacial score (nSPS) is 11.0. The van der Waals surface area contributed by atoms with Crippen LogP contribution in [0.5, 0.6) is 0 Å². The molecule has 1 amide bonds. The highest BCUT2D eigenvalue weighted by Crippen LogP contribution is 2.28. The third-order valence-corrected chi connectivity index (χ3v) is 5.73. The third-order valence-electron chi connectivity index (χ3n) is 4.80. The number of nitrogens with one attached hydrogen (secondary N) is 1. The molecule has 0 bridgehead atoms. The second kappa shape index (κ2) is 10.5. The Labute approximate surface area is 199 Å². The van der Waals surface area contributed by atoms with Crippen LogP contribution in [0.2, 0.25) is 0 Å². The molecule has 1 N–H and O–H groups in total. The molecular weight excluding hydrogens is 452 g/mol. The maximum Gasteiger partial charge on any atom is 0.269 e. The number of carbonyl (C=O) groups excluding carboxylic acids is 1. The number of non-ortho nitro benzene ring substituents is 1. The monoisotopic (exact) mass is 472 g/mol. The molecule has 4 rings (SSSR count). The summed E-state index contributed by atoms with van der Waals surface area (Å²) in [5, 5.41) is 23.9. The molecule has 9 nitrogen and oxygen atoms in total. The molecule has 1 heterocycles. The van der Waals surface area contributed by atoms with Crippen molar-refractivity contribution in [1.82, 2.24) is 20.2 Å². The lowest BCUT2D eigenvalue weighted by Crippen LogP contribution is -2.20. The Balaban J connectivity index is 1.46. The van der Waals surface area contributed by atoms with Gasteiger partial charge in [0.05, 0.1) is 16.9 Å². The number of nitrogens with zero attached hydrogens (tertiary/aromatic N) is 5. The number of hydrogen-bond acceptors (Lipinski definition) is 7. The predicted molar refractivity (Wildman–Crippen MR) is 131 cm³/mol. The van der Waals surface area contributed by atoms with Gasteiger partial charge in [0.15, 0.2) is 11.0 Å². The van der Waals surface area contributed by atoms with E-state index in [1.54, 1.807) is 12.1 Å². The van der Waals surface area contributed by atoms with Gasteiger partial charge in [-0.3, -0.25) is 19.5 Å². The maximum atomic E-state index is 12.3. The lowest BCUT2D eigenvalue weighted by Gasteiger charge is -2.10. The van der Waals surface area contributed by atoms with Crippen LogP contribution in [-0.4, -0.2) is 37.6 Å². The quantitative estimate of drug-likeness (QED) is 0.176. The molecule has 0 saturated carbocycles. The average Bonchev–Trinajstić information content (AvgIpc) is 3.28. The van der Waals surface area contributed by atoms with E-state index in [2.05, 4.69) is 20.7 Å². The zero-order valence-electron chi connectivity index (χ0n) is 18.2. The fourth-order valence-corrected chi connectivity index (χ4v) is 3.83. The van der Waals surface area contributed by atoms with Gasteiger partial charge < -0.3 is 0 Å². The van der Waals surface area contributed by atoms with Crippen molar-refractivity contribution >= 4 is 29.6 Å². The summed E-state index contributed by atoms with van der Waals surface area (Å²) in [6.45, 7) is 2.02. The summed E-state index contributed by atoms with van der Waals surface area (Å²) in [6.07, 6.45) is 1.43. The SMILES string of the molecule is Cc1ccc(-n2c(SCC(=O)N/N=C/c3ccc([N+](=O)[O-])cc3)nnc2-c2ccccc2)cc1. The van der Waals surface area contributed by atoms with Crippen molar-refractivity contribution in [2.45, 2.75) is 12.1 Å². The van der Waals surface area contributed by atoms with E-state index in [0.717, 1.165) is 16.8 Å². The minimum atomic E-state index is -0.474. The number of nitro benzene ring substituents is 1. The topological polar surface area (TPSA) is 115 Å². The molecule has 1 aromatic heterocycles. The molecule has 34 heavy (non-hydrogen) atoms. The predicted octanol–water partition coefficient (Wildman–Crippen LogP) is 4.39. The number of aromatic nitrogens is 3. The molecule has 0 aliphatic rings. The van der Waals surface area contributed by atoms with Gasteiger partial charge >= 0.3 is 0 Å². The van der Waals surface area contributed by atoms with Gasteiger partial charge in [0.2, 0.25) is 0 Å². The van der Waals surface area contributed by atoms with Gasteiger partial charge in [0.25, 0.3) is 11.6 Å². The van der Waals surface area contributed by atoms with Gasteiger partial charge in [-0.05, 0) is 36.8 Å². The van der Waals surface area contributed by atoms with Crippen LogP contribution in [0, 0.1) is 17.0 Å². The van der Waals surface area contributed by atoms with Crippen LogP contribution in [0.25, 0.3) is 17.1 Å². The van der Waals surface area contributed by atoms with Crippen molar-refractivity contribution in [2.24, 2.45) is 5.10 Å². The minimum absolute atomic E-state index is 0.00912. The van der Waals surface area contributed by atoms with E-state index in [-0.39, 0.29) is 17.3 Å². The zero-order valence-corrected chi connectivity index (χ0v) is 19.0. The van der Waals surface area contributed by atoms with E-state index in [1.807, 2.05) is 66.1 Å². The Kier molecular flexibility index (Phi) is 7.09. The Morgan fingerprint density at radius 2 is 1.76 bits per heavy atom. The molecule has 0 aliphatic heterocycles. The lowest BCUT2D eigenvalue weighted by atomic mass is 10.2. The Hall–Kier alpha value is -4.31. The van der Waals surface area contributed by atoms with Gasteiger partial charge in [-0.25, -0.2) is 5.43 Å². The van der Waals surface area contributed by atoms with Gasteiger partial charge in [0, 0.05) is 23.4 Å². The first-order valence-electron chi connectivity index (χ1n) is 10.3. The average molecular weight is 473 g/mol. The van der Waals surface area contributed by atoms with Gasteiger partial charge in [0.1, 0.15) is 0 Å². The summed E-state index contributed by atoms with van der Waals surface area (Å²) in [6, 6.07) is 23.6. The number of hydrazone groups is 1.